The minimum absolute atomic E-state index is 0.0647. The second-order valence-corrected chi connectivity index (χ2v) is 10.0. The quantitative estimate of drug-likeness (QED) is 0.520. The lowest BCUT2D eigenvalue weighted by Crippen LogP contribution is -2.46. The van der Waals surface area contributed by atoms with Gasteiger partial charge < -0.3 is 9.64 Å². The summed E-state index contributed by atoms with van der Waals surface area (Å²) in [5, 5.41) is 0. The Kier molecular flexibility index (Phi) is 6.73. The number of sulfonamides is 1. The molecule has 1 atom stereocenters. The fourth-order valence-electron chi connectivity index (χ4n) is 4.07. The first kappa shape index (κ1) is 22.6. The molecule has 0 spiro atoms. The van der Waals surface area contributed by atoms with Gasteiger partial charge in [0, 0.05) is 25.3 Å². The van der Waals surface area contributed by atoms with Gasteiger partial charge in [0.2, 0.25) is 15.9 Å². The molecule has 1 saturated heterocycles. The molecule has 170 valence electrons. The Bertz CT molecular complexity index is 1190. The number of hydrogen-bond acceptors (Lipinski definition) is 7. The maximum absolute atomic E-state index is 13.4. The first-order valence-electron chi connectivity index (χ1n) is 10.7. The molecule has 2 aromatic carbocycles. The van der Waals surface area contributed by atoms with E-state index >= 15 is 0 Å². The van der Waals surface area contributed by atoms with E-state index in [2.05, 4.69) is 8.75 Å². The lowest BCUT2D eigenvalue weighted by Gasteiger charge is -2.34. The van der Waals surface area contributed by atoms with E-state index in [0.29, 0.717) is 43.6 Å². The van der Waals surface area contributed by atoms with E-state index in [1.54, 1.807) is 23.1 Å². The highest BCUT2D eigenvalue weighted by atomic mass is 32.2. The molecule has 0 saturated carbocycles. The van der Waals surface area contributed by atoms with Crippen LogP contribution in [0.5, 0.6) is 5.75 Å². The van der Waals surface area contributed by atoms with Gasteiger partial charge >= 0.3 is 0 Å². The molecule has 8 nitrogen and oxygen atoms in total. The zero-order chi connectivity index (χ0) is 22.7. The molecule has 0 N–H and O–H groups in total. The number of carbonyl (C=O) groups excluding carboxylic acids is 1. The summed E-state index contributed by atoms with van der Waals surface area (Å²) in [6.07, 6.45) is 1.28. The number of fused-ring (bicyclic) bond motifs is 1. The molecule has 0 radical (unpaired) electrons. The summed E-state index contributed by atoms with van der Waals surface area (Å²) in [6.45, 7) is 5.45. The van der Waals surface area contributed by atoms with Crippen molar-refractivity contribution >= 4 is 44.4 Å². The van der Waals surface area contributed by atoms with Crippen molar-refractivity contribution in [3.63, 3.8) is 0 Å². The average Bonchev–Trinajstić information content (AvgIpc) is 3.30. The van der Waals surface area contributed by atoms with Crippen LogP contribution in [0.1, 0.15) is 26.7 Å². The minimum Gasteiger partial charge on any atom is -0.494 e. The van der Waals surface area contributed by atoms with E-state index in [0.717, 1.165) is 23.2 Å². The maximum atomic E-state index is 13.4. The van der Waals surface area contributed by atoms with Gasteiger partial charge in [-0.25, -0.2) is 8.42 Å². The van der Waals surface area contributed by atoms with Crippen LogP contribution in [0.2, 0.25) is 0 Å². The summed E-state index contributed by atoms with van der Waals surface area (Å²) in [5.74, 6) is 0.281. The zero-order valence-corrected chi connectivity index (χ0v) is 19.7. The first-order valence-corrected chi connectivity index (χ1v) is 12.9. The zero-order valence-electron chi connectivity index (χ0n) is 18.1. The fourth-order valence-corrected chi connectivity index (χ4v) is 6.34. The predicted octanol–water partition coefficient (Wildman–Crippen LogP) is 3.54. The molecule has 4 rings (SSSR count). The normalized spacial score (nSPS) is 17.4. The number of rotatable bonds is 7. The molecule has 1 aliphatic rings. The summed E-state index contributed by atoms with van der Waals surface area (Å²) < 4.78 is 42.0. The van der Waals surface area contributed by atoms with E-state index in [1.165, 1.54) is 4.31 Å². The molecule has 32 heavy (non-hydrogen) atoms. The number of piperidine rings is 1. The van der Waals surface area contributed by atoms with Crippen molar-refractivity contribution in [3.8, 4) is 5.75 Å². The third-order valence-electron chi connectivity index (χ3n) is 5.64. The Balaban J connectivity index is 1.55. The van der Waals surface area contributed by atoms with E-state index in [4.69, 9.17) is 4.74 Å². The van der Waals surface area contributed by atoms with Crippen molar-refractivity contribution in [1.82, 2.24) is 13.1 Å². The third-order valence-corrected chi connectivity index (χ3v) is 8.08. The van der Waals surface area contributed by atoms with Crippen molar-refractivity contribution in [2.45, 2.75) is 31.6 Å². The Morgan fingerprint density at radius 3 is 2.69 bits per heavy atom. The summed E-state index contributed by atoms with van der Waals surface area (Å²) in [6, 6.07) is 12.4. The second kappa shape index (κ2) is 9.51. The highest BCUT2D eigenvalue weighted by molar-refractivity contribution is 7.89. The van der Waals surface area contributed by atoms with Gasteiger partial charge in [-0.1, -0.05) is 6.07 Å². The second-order valence-electron chi connectivity index (χ2n) is 7.60. The maximum Gasteiger partial charge on any atom is 0.245 e. The number of ether oxygens (including phenoxy) is 1. The van der Waals surface area contributed by atoms with E-state index < -0.39 is 15.9 Å². The van der Waals surface area contributed by atoms with Crippen LogP contribution in [0.3, 0.4) is 0 Å². The number of benzene rings is 2. The van der Waals surface area contributed by atoms with Crippen LogP contribution in [-0.2, 0) is 14.8 Å². The van der Waals surface area contributed by atoms with Crippen LogP contribution in [0.4, 0.5) is 5.69 Å². The number of hydrogen-bond donors (Lipinski definition) is 0. The topological polar surface area (TPSA) is 92.7 Å². The van der Waals surface area contributed by atoms with E-state index in [9.17, 15) is 13.2 Å². The van der Waals surface area contributed by atoms with Crippen LogP contribution in [0, 0.1) is 5.92 Å². The molecule has 3 aromatic rings. The van der Waals surface area contributed by atoms with Gasteiger partial charge in [0.15, 0.2) is 0 Å². The monoisotopic (exact) mass is 474 g/mol. The van der Waals surface area contributed by atoms with Crippen molar-refractivity contribution in [1.29, 1.82) is 0 Å². The van der Waals surface area contributed by atoms with Crippen molar-refractivity contribution in [2.24, 2.45) is 5.92 Å². The molecule has 1 aromatic heterocycles. The summed E-state index contributed by atoms with van der Waals surface area (Å²) in [5.41, 5.74) is 1.73. The first-order chi connectivity index (χ1) is 15.5. The number of aromatic nitrogens is 2. The van der Waals surface area contributed by atoms with Crippen molar-refractivity contribution < 1.29 is 17.9 Å². The number of amides is 1. The third kappa shape index (κ3) is 4.35. The van der Waals surface area contributed by atoms with Crippen molar-refractivity contribution in [2.75, 3.05) is 31.1 Å². The van der Waals surface area contributed by atoms with E-state index in [-0.39, 0.29) is 17.3 Å². The van der Waals surface area contributed by atoms with Gasteiger partial charge in [0.25, 0.3) is 0 Å². The van der Waals surface area contributed by atoms with E-state index in [1.807, 2.05) is 38.1 Å². The van der Waals surface area contributed by atoms with Crippen LogP contribution in [0.15, 0.2) is 47.4 Å². The SMILES string of the molecule is CCOc1ccc(N(CC)C(=O)[C@@H]2CCCN(S(=O)(=O)c3cccc4nsnc34)C2)cc1. The molecule has 0 bridgehead atoms. The van der Waals surface area contributed by atoms with Gasteiger partial charge in [-0.2, -0.15) is 13.1 Å². The highest BCUT2D eigenvalue weighted by Gasteiger charge is 2.36. The number of nitrogens with zero attached hydrogens (tertiary/aromatic N) is 4. The van der Waals surface area contributed by atoms with Crippen LogP contribution in [0.25, 0.3) is 11.0 Å². The lowest BCUT2D eigenvalue weighted by atomic mass is 9.97. The molecule has 0 unspecified atom stereocenters. The standard InChI is InChI=1S/C22H26N4O4S2/c1-3-26(17-10-12-18(13-11-17)30-4-2)22(27)16-7-6-14-25(15-16)32(28,29)20-9-5-8-19-21(20)24-31-23-19/h5,8-13,16H,3-4,6-7,14-15H2,1-2H3/t16-/m1/s1. The van der Waals surface area contributed by atoms with Gasteiger partial charge in [-0.15, -0.1) is 0 Å². The molecule has 2 heterocycles. The van der Waals surface area contributed by atoms with Gasteiger partial charge in [-0.05, 0) is 63.1 Å². The van der Waals surface area contributed by atoms with Crippen LogP contribution in [-0.4, -0.2) is 53.6 Å². The Morgan fingerprint density at radius 2 is 1.97 bits per heavy atom. The highest BCUT2D eigenvalue weighted by Crippen LogP contribution is 2.30. The van der Waals surface area contributed by atoms with Crippen LogP contribution < -0.4 is 9.64 Å². The number of carbonyl (C=O) groups is 1. The summed E-state index contributed by atoms with van der Waals surface area (Å²) in [4.78, 5) is 15.2. The smallest absolute Gasteiger partial charge is 0.245 e. The van der Waals surface area contributed by atoms with Gasteiger partial charge in [0.1, 0.15) is 21.7 Å². The van der Waals surface area contributed by atoms with Crippen LogP contribution >= 0.6 is 11.7 Å². The fraction of sp³-hybridized carbons (Fsp3) is 0.409. The molecular formula is C22H26N4O4S2. The molecule has 0 aliphatic carbocycles. The predicted molar refractivity (Wildman–Crippen MR) is 125 cm³/mol. The molecule has 1 aliphatic heterocycles. The Hall–Kier alpha value is -2.56. The largest absolute Gasteiger partial charge is 0.494 e. The molecule has 1 fully saturated rings. The molecule has 10 heteroatoms. The summed E-state index contributed by atoms with van der Waals surface area (Å²) in [7, 11) is -3.78. The van der Waals surface area contributed by atoms with Gasteiger partial charge in [0.05, 0.1) is 24.3 Å². The number of anilines is 1. The lowest BCUT2D eigenvalue weighted by molar-refractivity contribution is -0.123. The minimum atomic E-state index is -3.78. The Morgan fingerprint density at radius 1 is 1.19 bits per heavy atom. The van der Waals surface area contributed by atoms with Crippen molar-refractivity contribution in [3.05, 3.63) is 42.5 Å². The molecule has 1 amide bonds. The molecular weight excluding hydrogens is 448 g/mol. The van der Waals surface area contributed by atoms with Gasteiger partial charge in [-0.3, -0.25) is 4.79 Å². The average molecular weight is 475 g/mol. The Labute approximate surface area is 192 Å². The summed E-state index contributed by atoms with van der Waals surface area (Å²) >= 11 is 0.991.